The zero-order valence-corrected chi connectivity index (χ0v) is 7.63. The SMILES string of the molecule is Cc1cc(C)nc(OC(=O)S)n1. The highest BCUT2D eigenvalue weighted by Gasteiger charge is 2.02. The highest BCUT2D eigenvalue weighted by Crippen LogP contribution is 2.06. The quantitative estimate of drug-likeness (QED) is 0.531. The second-order valence-corrected chi connectivity index (χ2v) is 2.67. The molecule has 1 rings (SSSR count). The molecular formula is C7H8N2O2S. The van der Waals surface area contributed by atoms with Gasteiger partial charge in [0.15, 0.2) is 0 Å². The van der Waals surface area contributed by atoms with Gasteiger partial charge in [-0.05, 0) is 19.9 Å². The number of nitrogens with zero attached hydrogens (tertiary/aromatic N) is 2. The summed E-state index contributed by atoms with van der Waals surface area (Å²) in [7, 11) is 0. The van der Waals surface area contributed by atoms with Crippen molar-refractivity contribution in [1.29, 1.82) is 0 Å². The minimum absolute atomic E-state index is 0.0486. The maximum absolute atomic E-state index is 10.4. The van der Waals surface area contributed by atoms with Gasteiger partial charge in [-0.1, -0.05) is 12.6 Å². The lowest BCUT2D eigenvalue weighted by molar-refractivity contribution is 0.223. The highest BCUT2D eigenvalue weighted by atomic mass is 32.1. The van der Waals surface area contributed by atoms with E-state index >= 15 is 0 Å². The molecule has 1 aromatic heterocycles. The summed E-state index contributed by atoms with van der Waals surface area (Å²) in [5.41, 5.74) is 1.51. The van der Waals surface area contributed by atoms with Crippen molar-refractivity contribution in [2.45, 2.75) is 13.8 Å². The van der Waals surface area contributed by atoms with Crippen molar-refractivity contribution in [3.05, 3.63) is 17.5 Å². The number of carbonyl (C=O) groups excluding carboxylic acids is 1. The van der Waals surface area contributed by atoms with Gasteiger partial charge in [0.1, 0.15) is 0 Å². The van der Waals surface area contributed by atoms with E-state index in [1.54, 1.807) is 19.9 Å². The van der Waals surface area contributed by atoms with Crippen LogP contribution in [0.15, 0.2) is 6.07 Å². The Hall–Kier alpha value is -1.10. The number of ether oxygens (including phenoxy) is 1. The Bertz CT molecular complexity index is 294. The number of aromatic nitrogens is 2. The molecule has 64 valence electrons. The molecule has 0 fully saturated rings. The summed E-state index contributed by atoms with van der Waals surface area (Å²) in [6.07, 6.45) is 0. The molecule has 0 unspecified atom stereocenters. The van der Waals surface area contributed by atoms with Gasteiger partial charge in [0.2, 0.25) is 0 Å². The average molecular weight is 184 g/mol. The molecule has 1 heterocycles. The predicted molar refractivity (Wildman–Crippen MR) is 46.5 cm³/mol. The van der Waals surface area contributed by atoms with Gasteiger partial charge in [-0.2, -0.15) is 0 Å². The number of rotatable bonds is 1. The molecule has 0 atom stereocenters. The third-order valence-electron chi connectivity index (χ3n) is 1.14. The Morgan fingerprint density at radius 1 is 1.42 bits per heavy atom. The third kappa shape index (κ3) is 2.50. The molecule has 0 saturated carbocycles. The Balaban J connectivity index is 2.93. The fourth-order valence-corrected chi connectivity index (χ4v) is 0.899. The van der Waals surface area contributed by atoms with E-state index in [0.717, 1.165) is 11.4 Å². The maximum atomic E-state index is 10.4. The molecule has 0 aliphatic carbocycles. The molecule has 4 nitrogen and oxygen atoms in total. The van der Waals surface area contributed by atoms with Crippen LogP contribution >= 0.6 is 12.6 Å². The topological polar surface area (TPSA) is 52.1 Å². The van der Waals surface area contributed by atoms with E-state index in [1.165, 1.54) is 0 Å². The van der Waals surface area contributed by atoms with Crippen molar-refractivity contribution in [1.82, 2.24) is 9.97 Å². The van der Waals surface area contributed by atoms with Crippen molar-refractivity contribution in [2.24, 2.45) is 0 Å². The molecule has 5 heteroatoms. The summed E-state index contributed by atoms with van der Waals surface area (Å²) in [5.74, 6) is 0. The third-order valence-corrected chi connectivity index (χ3v) is 1.23. The Morgan fingerprint density at radius 2 is 1.92 bits per heavy atom. The lowest BCUT2D eigenvalue weighted by Crippen LogP contribution is -2.02. The van der Waals surface area contributed by atoms with Gasteiger partial charge in [-0.25, -0.2) is 14.8 Å². The standard InChI is InChI=1S/C7H8N2O2S/c1-4-3-5(2)9-6(8-4)11-7(10)12/h3H,1-2H3,(H,10,12). The summed E-state index contributed by atoms with van der Waals surface area (Å²) in [6, 6.07) is 1.84. The fourth-order valence-electron chi connectivity index (χ4n) is 0.817. The van der Waals surface area contributed by atoms with Crippen LogP contribution in [0.3, 0.4) is 0 Å². The van der Waals surface area contributed by atoms with Gasteiger partial charge in [-0.15, -0.1) is 0 Å². The number of aryl methyl sites for hydroxylation is 2. The second kappa shape index (κ2) is 3.53. The molecule has 0 bridgehead atoms. The van der Waals surface area contributed by atoms with Crippen LogP contribution in [0.1, 0.15) is 11.4 Å². The van der Waals surface area contributed by atoms with E-state index in [1.807, 2.05) is 0 Å². The molecule has 12 heavy (non-hydrogen) atoms. The van der Waals surface area contributed by atoms with Crippen molar-refractivity contribution < 1.29 is 9.53 Å². The van der Waals surface area contributed by atoms with Crippen LogP contribution < -0.4 is 4.74 Å². The molecule has 0 radical (unpaired) electrons. The van der Waals surface area contributed by atoms with Crippen LogP contribution in [0.4, 0.5) is 4.79 Å². The van der Waals surface area contributed by atoms with E-state index < -0.39 is 5.30 Å². The summed E-state index contributed by atoms with van der Waals surface area (Å²) in [6.45, 7) is 3.59. The largest absolute Gasteiger partial charge is 0.383 e. The molecule has 1 aromatic rings. The molecule has 0 aliphatic rings. The van der Waals surface area contributed by atoms with Gasteiger partial charge in [-0.3, -0.25) is 0 Å². The van der Waals surface area contributed by atoms with Gasteiger partial charge in [0.25, 0.3) is 0 Å². The van der Waals surface area contributed by atoms with Gasteiger partial charge in [0, 0.05) is 11.4 Å². The first-order valence-electron chi connectivity index (χ1n) is 3.31. The van der Waals surface area contributed by atoms with E-state index in [2.05, 4.69) is 27.3 Å². The summed E-state index contributed by atoms with van der Waals surface area (Å²) in [5, 5.41) is -0.708. The average Bonchev–Trinajstić information content (AvgIpc) is 1.81. The number of hydrogen-bond donors (Lipinski definition) is 1. The number of hydrogen-bond acceptors (Lipinski definition) is 4. The first kappa shape index (κ1) is 8.99. The lowest BCUT2D eigenvalue weighted by Gasteiger charge is -2.00. The summed E-state index contributed by atoms with van der Waals surface area (Å²) < 4.78 is 4.58. The van der Waals surface area contributed by atoms with E-state index in [-0.39, 0.29) is 6.01 Å². The Kier molecular flexibility index (Phi) is 2.65. The Morgan fingerprint density at radius 3 is 2.33 bits per heavy atom. The van der Waals surface area contributed by atoms with Crippen LogP contribution in [0, 0.1) is 13.8 Å². The predicted octanol–water partition coefficient (Wildman–Crippen LogP) is 1.52. The van der Waals surface area contributed by atoms with Crippen molar-refractivity contribution in [3.63, 3.8) is 0 Å². The monoisotopic (exact) mass is 184 g/mol. The molecule has 0 N–H and O–H groups in total. The summed E-state index contributed by atoms with van der Waals surface area (Å²) in [4.78, 5) is 18.1. The van der Waals surface area contributed by atoms with Crippen LogP contribution in [-0.2, 0) is 0 Å². The van der Waals surface area contributed by atoms with E-state index in [4.69, 9.17) is 0 Å². The fraction of sp³-hybridized carbons (Fsp3) is 0.286. The zero-order valence-electron chi connectivity index (χ0n) is 6.74. The molecule has 0 amide bonds. The maximum Gasteiger partial charge on any atom is 0.372 e. The first-order valence-corrected chi connectivity index (χ1v) is 3.75. The normalized spacial score (nSPS) is 9.58. The van der Waals surface area contributed by atoms with Crippen LogP contribution in [0.25, 0.3) is 0 Å². The summed E-state index contributed by atoms with van der Waals surface area (Å²) >= 11 is 3.44. The van der Waals surface area contributed by atoms with Gasteiger partial charge in [0.05, 0.1) is 0 Å². The van der Waals surface area contributed by atoms with Crippen molar-refractivity contribution >= 4 is 17.9 Å². The minimum atomic E-state index is -0.708. The van der Waals surface area contributed by atoms with Crippen molar-refractivity contribution in [3.8, 4) is 6.01 Å². The molecular weight excluding hydrogens is 176 g/mol. The highest BCUT2D eigenvalue weighted by molar-refractivity contribution is 7.96. The van der Waals surface area contributed by atoms with E-state index in [9.17, 15) is 4.79 Å². The van der Waals surface area contributed by atoms with E-state index in [0.29, 0.717) is 0 Å². The van der Waals surface area contributed by atoms with Crippen LogP contribution in [-0.4, -0.2) is 15.3 Å². The lowest BCUT2D eigenvalue weighted by atomic mass is 10.4. The number of thiol groups is 1. The smallest absolute Gasteiger partial charge is 0.372 e. The molecule has 0 aliphatic heterocycles. The molecule has 0 aromatic carbocycles. The van der Waals surface area contributed by atoms with Gasteiger partial charge >= 0.3 is 11.3 Å². The molecule has 0 saturated heterocycles. The first-order chi connectivity index (χ1) is 5.58. The Labute approximate surface area is 75.4 Å². The minimum Gasteiger partial charge on any atom is -0.383 e. The second-order valence-electron chi connectivity index (χ2n) is 2.30. The van der Waals surface area contributed by atoms with Crippen molar-refractivity contribution in [2.75, 3.05) is 0 Å². The number of carbonyl (C=O) groups is 1. The molecule has 0 spiro atoms. The van der Waals surface area contributed by atoms with Crippen LogP contribution in [0.2, 0.25) is 0 Å². The zero-order chi connectivity index (χ0) is 9.14. The van der Waals surface area contributed by atoms with Crippen LogP contribution in [0.5, 0.6) is 6.01 Å². The van der Waals surface area contributed by atoms with Gasteiger partial charge < -0.3 is 4.74 Å².